The fourth-order valence-corrected chi connectivity index (χ4v) is 2.71. The summed E-state index contributed by atoms with van der Waals surface area (Å²) in [6, 6.07) is 9.37. The van der Waals surface area contributed by atoms with Gasteiger partial charge < -0.3 is 4.74 Å². The molecule has 2 aromatic heterocycles. The summed E-state index contributed by atoms with van der Waals surface area (Å²) in [5.74, 6) is -0.505. The van der Waals surface area contributed by atoms with Crippen LogP contribution in [0.15, 0.2) is 41.3 Å². The van der Waals surface area contributed by atoms with Crippen molar-refractivity contribution in [1.29, 1.82) is 0 Å². The van der Waals surface area contributed by atoms with Crippen LogP contribution in [-0.2, 0) is 15.1 Å². The largest absolute Gasteiger partial charge is 0.464 e. The predicted octanol–water partition coefficient (Wildman–Crippen LogP) is 2.19. The normalized spacial score (nSPS) is 11.7. The van der Waals surface area contributed by atoms with Crippen molar-refractivity contribution in [1.82, 2.24) is 19.6 Å². The van der Waals surface area contributed by atoms with E-state index in [-0.39, 0.29) is 12.2 Å². The number of rotatable bonds is 4. The lowest BCUT2D eigenvalue weighted by Gasteiger charge is -2.24. The van der Waals surface area contributed by atoms with Crippen LogP contribution < -0.4 is 5.56 Å². The third-order valence-corrected chi connectivity index (χ3v) is 4.11. The van der Waals surface area contributed by atoms with Crippen LogP contribution in [0.4, 0.5) is 0 Å². The van der Waals surface area contributed by atoms with Gasteiger partial charge in [0.2, 0.25) is 0 Å². The second kappa shape index (κ2) is 6.16. The number of ether oxygens (including phenoxy) is 1. The first-order valence-corrected chi connectivity index (χ1v) is 8.08. The summed E-state index contributed by atoms with van der Waals surface area (Å²) >= 11 is 0. The fraction of sp³-hybridized carbons (Fsp3) is 0.333. The van der Waals surface area contributed by atoms with E-state index in [0.29, 0.717) is 16.6 Å². The molecule has 0 aliphatic carbocycles. The first-order valence-electron chi connectivity index (χ1n) is 8.08. The van der Waals surface area contributed by atoms with E-state index in [1.807, 2.05) is 30.3 Å². The van der Waals surface area contributed by atoms with Crippen molar-refractivity contribution in [3.8, 4) is 5.69 Å². The van der Waals surface area contributed by atoms with E-state index >= 15 is 0 Å². The van der Waals surface area contributed by atoms with Crippen LogP contribution in [0, 0.1) is 6.92 Å². The molecule has 2 heterocycles. The summed E-state index contributed by atoms with van der Waals surface area (Å²) in [5.41, 5.74) is 0.156. The summed E-state index contributed by atoms with van der Waals surface area (Å²) in [4.78, 5) is 25.4. The maximum absolute atomic E-state index is 13.1. The molecular formula is C18H20N4O3. The number of carbonyl (C=O) groups excluding carboxylic acids is 1. The van der Waals surface area contributed by atoms with Crippen LogP contribution in [0.5, 0.6) is 0 Å². The van der Waals surface area contributed by atoms with Crippen LogP contribution in [0.2, 0.25) is 0 Å². The van der Waals surface area contributed by atoms with Gasteiger partial charge >= 0.3 is 5.97 Å². The molecule has 7 nitrogen and oxygen atoms in total. The molecule has 0 radical (unpaired) electrons. The second-order valence-corrected chi connectivity index (χ2v) is 6.24. The van der Waals surface area contributed by atoms with Gasteiger partial charge in [-0.2, -0.15) is 10.2 Å². The topological polar surface area (TPSA) is 79.0 Å². The Balaban J connectivity index is 2.29. The highest BCUT2D eigenvalue weighted by molar-refractivity contribution is 5.82. The van der Waals surface area contributed by atoms with Gasteiger partial charge in [-0.1, -0.05) is 18.2 Å². The molecule has 0 aliphatic heterocycles. The summed E-state index contributed by atoms with van der Waals surface area (Å²) in [5, 5.41) is 9.33. The molecule has 0 saturated carbocycles. The van der Waals surface area contributed by atoms with Gasteiger partial charge in [0.05, 0.1) is 24.2 Å². The SMILES string of the molecule is CCOC(=O)C(C)(C)n1nc(C)c2cnn(-c3ccccc3)c2c1=O. The van der Waals surface area contributed by atoms with Crippen molar-refractivity contribution >= 4 is 16.9 Å². The zero-order valence-corrected chi connectivity index (χ0v) is 14.7. The quantitative estimate of drug-likeness (QED) is 0.680. The van der Waals surface area contributed by atoms with E-state index in [2.05, 4.69) is 10.2 Å². The van der Waals surface area contributed by atoms with Gasteiger partial charge in [-0.15, -0.1) is 0 Å². The Morgan fingerprint density at radius 2 is 1.92 bits per heavy atom. The molecule has 1 aromatic carbocycles. The molecule has 130 valence electrons. The molecule has 0 saturated heterocycles. The lowest BCUT2D eigenvalue weighted by Crippen LogP contribution is -2.45. The highest BCUT2D eigenvalue weighted by Crippen LogP contribution is 2.20. The fourth-order valence-electron chi connectivity index (χ4n) is 2.71. The smallest absolute Gasteiger partial charge is 0.333 e. The average Bonchev–Trinajstić information content (AvgIpc) is 3.05. The van der Waals surface area contributed by atoms with Gasteiger partial charge in [0, 0.05) is 5.39 Å². The molecule has 0 fully saturated rings. The summed E-state index contributed by atoms with van der Waals surface area (Å²) in [7, 11) is 0. The average molecular weight is 340 g/mol. The van der Waals surface area contributed by atoms with Crippen molar-refractivity contribution in [3.05, 3.63) is 52.6 Å². The Hall–Kier alpha value is -2.96. The number of hydrogen-bond donors (Lipinski definition) is 0. The van der Waals surface area contributed by atoms with Crippen LogP contribution in [0.25, 0.3) is 16.6 Å². The minimum absolute atomic E-state index is 0.236. The number of aromatic nitrogens is 4. The molecule has 0 bridgehead atoms. The highest BCUT2D eigenvalue weighted by Gasteiger charge is 2.35. The third kappa shape index (κ3) is 2.71. The Bertz CT molecular complexity index is 987. The molecule has 0 spiro atoms. The van der Waals surface area contributed by atoms with E-state index in [1.165, 1.54) is 4.68 Å². The van der Waals surface area contributed by atoms with Crippen molar-refractivity contribution in [2.75, 3.05) is 6.61 Å². The highest BCUT2D eigenvalue weighted by atomic mass is 16.5. The van der Waals surface area contributed by atoms with Crippen LogP contribution in [0.3, 0.4) is 0 Å². The minimum Gasteiger partial charge on any atom is -0.464 e. The third-order valence-electron chi connectivity index (χ3n) is 4.11. The van der Waals surface area contributed by atoms with Gasteiger partial charge in [-0.25, -0.2) is 14.2 Å². The van der Waals surface area contributed by atoms with E-state index in [9.17, 15) is 9.59 Å². The monoisotopic (exact) mass is 340 g/mol. The first-order chi connectivity index (χ1) is 11.9. The van der Waals surface area contributed by atoms with E-state index in [4.69, 9.17) is 4.74 Å². The van der Waals surface area contributed by atoms with Gasteiger partial charge in [-0.3, -0.25) is 4.79 Å². The zero-order valence-electron chi connectivity index (χ0n) is 14.7. The van der Waals surface area contributed by atoms with Crippen LogP contribution in [0.1, 0.15) is 26.5 Å². The number of carbonyl (C=O) groups is 1. The molecule has 3 aromatic rings. The van der Waals surface area contributed by atoms with Crippen LogP contribution in [-0.4, -0.2) is 32.1 Å². The molecule has 0 N–H and O–H groups in total. The Morgan fingerprint density at radius 3 is 2.56 bits per heavy atom. The number of para-hydroxylation sites is 1. The molecular weight excluding hydrogens is 320 g/mol. The molecule has 0 unspecified atom stereocenters. The van der Waals surface area contributed by atoms with Crippen molar-refractivity contribution in [2.24, 2.45) is 0 Å². The zero-order chi connectivity index (χ0) is 18.2. The first kappa shape index (κ1) is 16.9. The summed E-state index contributed by atoms with van der Waals surface area (Å²) in [6.07, 6.45) is 1.62. The molecule has 3 rings (SSSR count). The van der Waals surface area contributed by atoms with E-state index in [1.54, 1.807) is 38.6 Å². The molecule has 0 amide bonds. The molecule has 7 heteroatoms. The van der Waals surface area contributed by atoms with Gasteiger partial charge in [-0.05, 0) is 39.8 Å². The van der Waals surface area contributed by atoms with Crippen molar-refractivity contribution in [3.63, 3.8) is 0 Å². The second-order valence-electron chi connectivity index (χ2n) is 6.24. The number of aryl methyl sites for hydroxylation is 1. The number of nitrogens with zero attached hydrogens (tertiary/aromatic N) is 4. The molecule has 25 heavy (non-hydrogen) atoms. The van der Waals surface area contributed by atoms with Crippen LogP contribution >= 0.6 is 0 Å². The van der Waals surface area contributed by atoms with E-state index < -0.39 is 11.5 Å². The molecule has 0 atom stereocenters. The predicted molar refractivity (Wildman–Crippen MR) is 93.8 cm³/mol. The van der Waals surface area contributed by atoms with Gasteiger partial charge in [0.15, 0.2) is 5.54 Å². The summed E-state index contributed by atoms with van der Waals surface area (Å²) < 4.78 is 7.86. The number of esters is 1. The van der Waals surface area contributed by atoms with Gasteiger partial charge in [0.1, 0.15) is 5.52 Å². The van der Waals surface area contributed by atoms with Crippen molar-refractivity contribution < 1.29 is 9.53 Å². The van der Waals surface area contributed by atoms with Gasteiger partial charge in [0.25, 0.3) is 5.56 Å². The Morgan fingerprint density at radius 1 is 1.24 bits per heavy atom. The lowest BCUT2D eigenvalue weighted by molar-refractivity contribution is -0.152. The standard InChI is InChI=1S/C18H20N4O3/c1-5-25-17(24)18(3,4)22-16(23)15-14(12(2)20-22)11-19-21(15)13-9-7-6-8-10-13/h6-11H,5H2,1-4H3. The maximum Gasteiger partial charge on any atom is 0.333 e. The van der Waals surface area contributed by atoms with E-state index in [0.717, 1.165) is 5.69 Å². The van der Waals surface area contributed by atoms with Crippen molar-refractivity contribution in [2.45, 2.75) is 33.2 Å². The number of benzene rings is 1. The minimum atomic E-state index is -1.22. The Kier molecular flexibility index (Phi) is 4.16. The molecule has 0 aliphatic rings. The lowest BCUT2D eigenvalue weighted by atomic mass is 10.1. The Labute approximate surface area is 144 Å². The number of fused-ring (bicyclic) bond motifs is 1. The maximum atomic E-state index is 13.1. The summed E-state index contributed by atoms with van der Waals surface area (Å²) in [6.45, 7) is 6.99. The number of hydrogen-bond acceptors (Lipinski definition) is 5.